The number of likely N-dealkylation sites (tertiary alicyclic amines) is 1. The number of benzene rings is 1. The predicted molar refractivity (Wildman–Crippen MR) is 122 cm³/mol. The van der Waals surface area contributed by atoms with E-state index in [-0.39, 0.29) is 22.9 Å². The minimum Gasteiger partial charge on any atom is -0.482 e. The zero-order valence-electron chi connectivity index (χ0n) is 17.5. The molecule has 1 aromatic carbocycles. The smallest absolute Gasteiger partial charge is 0.166 e. The summed E-state index contributed by atoms with van der Waals surface area (Å²) in [4.78, 5) is 6.52. The molecule has 1 aromatic heterocycles. The molecule has 4 rings (SSSR count). The summed E-state index contributed by atoms with van der Waals surface area (Å²) in [5.74, 6) is 6.41. The molecule has 1 aliphatic carbocycles. The van der Waals surface area contributed by atoms with Crippen molar-refractivity contribution < 1.29 is 9.13 Å². The lowest BCUT2D eigenvalue weighted by atomic mass is 10.0. The summed E-state index contributed by atoms with van der Waals surface area (Å²) in [6.07, 6.45) is 3.39. The summed E-state index contributed by atoms with van der Waals surface area (Å²) in [6, 6.07) is 4.69. The van der Waals surface area contributed by atoms with Crippen molar-refractivity contribution in [1.82, 2.24) is 9.88 Å². The first-order valence-corrected chi connectivity index (χ1v) is 11.0. The molecule has 1 spiro atoms. The van der Waals surface area contributed by atoms with Crippen molar-refractivity contribution in [1.29, 1.82) is 0 Å². The number of rotatable bonds is 4. The second kappa shape index (κ2) is 8.48. The van der Waals surface area contributed by atoms with E-state index in [1.807, 2.05) is 0 Å². The molecule has 4 N–H and O–H groups in total. The standard InChI is InChI=1S/C23H25Cl2FN4O/c1-13(30-11-19(27)23(12-30)7-8-23)3-4-15-9-18(22(28)29-10-15)31-14(2)20-16(24)5-6-17(26)21(20)25/h5-6,9-10,13-14,19H,7-8,11-12,27H2,1-2H3,(H2,28,29). The van der Waals surface area contributed by atoms with E-state index in [9.17, 15) is 4.39 Å². The number of aromatic nitrogens is 1. The topological polar surface area (TPSA) is 77.4 Å². The molecule has 31 heavy (non-hydrogen) atoms. The average molecular weight is 463 g/mol. The first kappa shape index (κ1) is 22.2. The van der Waals surface area contributed by atoms with Crippen molar-refractivity contribution in [3.8, 4) is 17.6 Å². The van der Waals surface area contributed by atoms with Gasteiger partial charge in [-0.1, -0.05) is 35.0 Å². The zero-order valence-corrected chi connectivity index (χ0v) is 19.0. The van der Waals surface area contributed by atoms with Crippen molar-refractivity contribution in [2.75, 3.05) is 18.8 Å². The van der Waals surface area contributed by atoms with Gasteiger partial charge in [-0.25, -0.2) is 9.37 Å². The maximum atomic E-state index is 13.9. The number of halogens is 3. The Hall–Kier alpha value is -2.04. The summed E-state index contributed by atoms with van der Waals surface area (Å²) >= 11 is 12.3. The number of ether oxygens (including phenoxy) is 1. The minimum atomic E-state index is -0.636. The Labute approximate surface area is 191 Å². The lowest BCUT2D eigenvalue weighted by molar-refractivity contribution is 0.227. The molecule has 1 saturated heterocycles. The quantitative estimate of drug-likeness (QED) is 0.519. The lowest BCUT2D eigenvalue weighted by Crippen LogP contribution is -2.33. The molecule has 0 bridgehead atoms. The van der Waals surface area contributed by atoms with Gasteiger partial charge in [0.2, 0.25) is 0 Å². The largest absolute Gasteiger partial charge is 0.482 e. The van der Waals surface area contributed by atoms with Crippen molar-refractivity contribution in [3.63, 3.8) is 0 Å². The Balaban J connectivity index is 1.49. The van der Waals surface area contributed by atoms with Gasteiger partial charge in [0, 0.05) is 47.5 Å². The van der Waals surface area contributed by atoms with E-state index >= 15 is 0 Å². The van der Waals surface area contributed by atoms with E-state index < -0.39 is 11.9 Å². The number of nitrogens with two attached hydrogens (primary N) is 2. The Morgan fingerprint density at radius 1 is 1.32 bits per heavy atom. The Kier molecular flexibility index (Phi) is 6.06. The van der Waals surface area contributed by atoms with Gasteiger partial charge in [0.25, 0.3) is 0 Å². The number of pyridine rings is 1. The summed E-state index contributed by atoms with van der Waals surface area (Å²) < 4.78 is 19.8. The number of nitrogens with zero attached hydrogens (tertiary/aromatic N) is 2. The number of anilines is 1. The van der Waals surface area contributed by atoms with Gasteiger partial charge in [0.05, 0.1) is 11.1 Å². The van der Waals surface area contributed by atoms with Gasteiger partial charge in [-0.05, 0) is 44.2 Å². The SMILES string of the molecule is CC(Oc1cc(C#CC(C)N2CC(N)C3(CC3)C2)cnc1N)c1c(Cl)ccc(F)c1Cl. The van der Waals surface area contributed by atoms with Gasteiger partial charge in [-0.2, -0.15) is 0 Å². The van der Waals surface area contributed by atoms with Crippen LogP contribution in [-0.4, -0.2) is 35.1 Å². The van der Waals surface area contributed by atoms with Gasteiger partial charge in [-0.15, -0.1) is 0 Å². The summed E-state index contributed by atoms with van der Waals surface area (Å²) in [6.45, 7) is 5.68. The molecule has 5 nitrogen and oxygen atoms in total. The molecule has 2 heterocycles. The van der Waals surface area contributed by atoms with E-state index in [1.165, 1.54) is 25.0 Å². The fourth-order valence-electron chi connectivity index (χ4n) is 4.08. The van der Waals surface area contributed by atoms with Crippen LogP contribution in [0.1, 0.15) is 43.9 Å². The Morgan fingerprint density at radius 2 is 2.06 bits per heavy atom. The van der Waals surface area contributed by atoms with E-state index in [4.69, 9.17) is 39.4 Å². The van der Waals surface area contributed by atoms with Crippen LogP contribution in [0.4, 0.5) is 10.2 Å². The van der Waals surface area contributed by atoms with E-state index in [0.717, 1.165) is 13.1 Å². The van der Waals surface area contributed by atoms with Crippen LogP contribution in [0.3, 0.4) is 0 Å². The fourth-order valence-corrected chi connectivity index (χ4v) is 4.76. The average Bonchev–Trinajstić information content (AvgIpc) is 3.44. The fraction of sp³-hybridized carbons (Fsp3) is 0.435. The maximum absolute atomic E-state index is 13.9. The first-order valence-electron chi connectivity index (χ1n) is 10.3. The molecule has 2 fully saturated rings. The minimum absolute atomic E-state index is 0.0754. The third-order valence-corrected chi connectivity index (χ3v) is 6.99. The maximum Gasteiger partial charge on any atom is 0.166 e. The van der Waals surface area contributed by atoms with Crippen LogP contribution in [0.2, 0.25) is 10.0 Å². The highest BCUT2D eigenvalue weighted by molar-refractivity contribution is 6.36. The molecule has 3 atom stereocenters. The van der Waals surface area contributed by atoms with Crippen LogP contribution in [0, 0.1) is 23.1 Å². The van der Waals surface area contributed by atoms with Gasteiger partial charge >= 0.3 is 0 Å². The van der Waals surface area contributed by atoms with E-state index in [1.54, 1.807) is 19.2 Å². The van der Waals surface area contributed by atoms with Crippen molar-refractivity contribution >= 4 is 29.0 Å². The molecule has 1 aliphatic heterocycles. The third kappa shape index (κ3) is 4.47. The second-order valence-corrected chi connectivity index (χ2v) is 9.25. The molecule has 8 heteroatoms. The highest BCUT2D eigenvalue weighted by Crippen LogP contribution is 2.52. The molecule has 1 saturated carbocycles. The molecule has 164 valence electrons. The lowest BCUT2D eigenvalue weighted by Gasteiger charge is -2.19. The molecule has 0 amide bonds. The van der Waals surface area contributed by atoms with Gasteiger partial charge in [-0.3, -0.25) is 4.90 Å². The monoisotopic (exact) mass is 462 g/mol. The summed E-state index contributed by atoms with van der Waals surface area (Å²) in [5.41, 5.74) is 13.6. The molecular formula is C23H25Cl2FN4O. The summed E-state index contributed by atoms with van der Waals surface area (Å²) in [5, 5.41) is 0.237. The van der Waals surface area contributed by atoms with Gasteiger partial charge in [0.1, 0.15) is 11.9 Å². The van der Waals surface area contributed by atoms with Crippen molar-refractivity contribution in [3.05, 3.63) is 51.4 Å². The first-order chi connectivity index (χ1) is 14.7. The number of hydrogen-bond donors (Lipinski definition) is 2. The van der Waals surface area contributed by atoms with E-state index in [0.29, 0.717) is 27.3 Å². The van der Waals surface area contributed by atoms with Gasteiger partial charge < -0.3 is 16.2 Å². The number of hydrogen-bond acceptors (Lipinski definition) is 5. The van der Waals surface area contributed by atoms with Crippen LogP contribution >= 0.6 is 23.2 Å². The van der Waals surface area contributed by atoms with Crippen molar-refractivity contribution in [2.24, 2.45) is 11.1 Å². The summed E-state index contributed by atoms with van der Waals surface area (Å²) in [7, 11) is 0. The molecule has 2 aromatic rings. The molecule has 2 aliphatic rings. The molecule has 3 unspecified atom stereocenters. The highest BCUT2D eigenvalue weighted by Gasteiger charge is 2.53. The Bertz CT molecular complexity index is 1060. The molecule has 0 radical (unpaired) electrons. The van der Waals surface area contributed by atoms with Crippen LogP contribution < -0.4 is 16.2 Å². The predicted octanol–water partition coefficient (Wildman–Crippen LogP) is 4.41. The zero-order chi connectivity index (χ0) is 22.3. The van der Waals surface area contributed by atoms with Crippen LogP contribution in [-0.2, 0) is 0 Å². The second-order valence-electron chi connectivity index (χ2n) is 8.47. The normalized spacial score (nSPS) is 21.4. The third-order valence-electron chi connectivity index (χ3n) is 6.27. The molecular weight excluding hydrogens is 438 g/mol. The Morgan fingerprint density at radius 3 is 2.74 bits per heavy atom. The van der Waals surface area contributed by atoms with E-state index in [2.05, 4.69) is 28.6 Å². The van der Waals surface area contributed by atoms with Crippen LogP contribution in [0.15, 0.2) is 24.4 Å². The number of nitrogen functional groups attached to an aromatic ring is 1. The van der Waals surface area contributed by atoms with Crippen LogP contribution in [0.5, 0.6) is 5.75 Å². The van der Waals surface area contributed by atoms with Crippen molar-refractivity contribution in [2.45, 2.75) is 44.9 Å². The highest BCUT2D eigenvalue weighted by atomic mass is 35.5. The van der Waals surface area contributed by atoms with Crippen LogP contribution in [0.25, 0.3) is 0 Å². The van der Waals surface area contributed by atoms with Gasteiger partial charge in [0.15, 0.2) is 11.6 Å².